The first-order valence-corrected chi connectivity index (χ1v) is 8.41. The Hall–Kier alpha value is -2.76. The molecule has 25 heavy (non-hydrogen) atoms. The van der Waals surface area contributed by atoms with Crippen LogP contribution in [0.3, 0.4) is 0 Å². The van der Waals surface area contributed by atoms with Crippen molar-refractivity contribution in [2.75, 3.05) is 26.1 Å². The van der Waals surface area contributed by atoms with E-state index in [4.69, 9.17) is 9.47 Å². The number of amides is 1. The second-order valence-corrected chi connectivity index (χ2v) is 5.59. The van der Waals surface area contributed by atoms with Gasteiger partial charge in [0.2, 0.25) is 0 Å². The maximum Gasteiger partial charge on any atom is 0.252 e. The zero-order valence-electron chi connectivity index (χ0n) is 15.0. The van der Waals surface area contributed by atoms with E-state index in [2.05, 4.69) is 22.5 Å². The number of aromatic nitrogens is 1. The molecule has 6 heteroatoms. The first-order valence-electron chi connectivity index (χ1n) is 8.41. The number of unbranched alkanes of at least 4 members (excludes halogenated alkanes) is 2. The summed E-state index contributed by atoms with van der Waals surface area (Å²) >= 11 is 0. The number of pyridine rings is 1. The molecule has 1 amide bonds. The van der Waals surface area contributed by atoms with E-state index in [0.717, 1.165) is 24.9 Å². The van der Waals surface area contributed by atoms with Gasteiger partial charge in [0.05, 0.1) is 25.5 Å². The molecule has 0 aliphatic carbocycles. The smallest absolute Gasteiger partial charge is 0.252 e. The first kappa shape index (κ1) is 18.6. The highest BCUT2D eigenvalue weighted by Crippen LogP contribution is 2.30. The molecule has 6 nitrogen and oxygen atoms in total. The quantitative estimate of drug-likeness (QED) is 0.678. The Bertz CT molecular complexity index is 687. The van der Waals surface area contributed by atoms with E-state index in [1.54, 1.807) is 38.6 Å². The molecule has 1 aromatic carbocycles. The average Bonchev–Trinajstić information content (AvgIpc) is 2.66. The number of hydrogen-bond acceptors (Lipinski definition) is 5. The predicted molar refractivity (Wildman–Crippen MR) is 98.9 cm³/mol. The van der Waals surface area contributed by atoms with Crippen molar-refractivity contribution in [2.45, 2.75) is 26.2 Å². The number of rotatable bonds is 9. The number of hydrogen-bond donors (Lipinski definition) is 2. The van der Waals surface area contributed by atoms with Gasteiger partial charge in [0, 0.05) is 18.8 Å². The van der Waals surface area contributed by atoms with Gasteiger partial charge in [-0.1, -0.05) is 19.8 Å². The zero-order chi connectivity index (χ0) is 18.1. The summed E-state index contributed by atoms with van der Waals surface area (Å²) in [5.41, 5.74) is 1.32. The highest BCUT2D eigenvalue weighted by molar-refractivity contribution is 5.94. The normalized spacial score (nSPS) is 10.2. The number of benzene rings is 1. The fraction of sp³-hybridized carbons (Fsp3) is 0.368. The molecular weight excluding hydrogens is 318 g/mol. The van der Waals surface area contributed by atoms with Gasteiger partial charge in [0.1, 0.15) is 17.3 Å². The van der Waals surface area contributed by atoms with Crippen LogP contribution >= 0.6 is 0 Å². The van der Waals surface area contributed by atoms with E-state index in [0.29, 0.717) is 29.4 Å². The fourth-order valence-electron chi connectivity index (χ4n) is 2.32. The van der Waals surface area contributed by atoms with E-state index < -0.39 is 0 Å². The molecule has 0 fully saturated rings. The largest absolute Gasteiger partial charge is 0.497 e. The lowest BCUT2D eigenvalue weighted by Crippen LogP contribution is -2.24. The second-order valence-electron chi connectivity index (χ2n) is 5.59. The third-order valence-corrected chi connectivity index (χ3v) is 3.76. The van der Waals surface area contributed by atoms with E-state index in [9.17, 15) is 4.79 Å². The highest BCUT2D eigenvalue weighted by Gasteiger charge is 2.08. The minimum atomic E-state index is -0.0998. The molecule has 2 rings (SSSR count). The van der Waals surface area contributed by atoms with Crippen LogP contribution < -0.4 is 20.1 Å². The lowest BCUT2D eigenvalue weighted by atomic mass is 10.2. The first-order chi connectivity index (χ1) is 12.2. The predicted octanol–water partition coefficient (Wildman–Crippen LogP) is 3.76. The summed E-state index contributed by atoms with van der Waals surface area (Å²) in [5.74, 6) is 1.90. The van der Waals surface area contributed by atoms with Gasteiger partial charge in [-0.3, -0.25) is 4.79 Å². The number of nitrogens with zero attached hydrogens (tertiary/aromatic N) is 1. The molecule has 1 aromatic heterocycles. The fourth-order valence-corrected chi connectivity index (χ4v) is 2.32. The van der Waals surface area contributed by atoms with Crippen LogP contribution in [-0.2, 0) is 0 Å². The van der Waals surface area contributed by atoms with Crippen molar-refractivity contribution in [3.05, 3.63) is 42.1 Å². The minimum Gasteiger partial charge on any atom is -0.497 e. The van der Waals surface area contributed by atoms with Crippen LogP contribution in [0.25, 0.3) is 0 Å². The lowest BCUT2D eigenvalue weighted by molar-refractivity contribution is 0.0952. The van der Waals surface area contributed by atoms with E-state index in [1.807, 2.05) is 12.1 Å². The van der Waals surface area contributed by atoms with Crippen LogP contribution in [0.15, 0.2) is 36.5 Å². The van der Waals surface area contributed by atoms with Gasteiger partial charge in [-0.25, -0.2) is 4.98 Å². The van der Waals surface area contributed by atoms with E-state index in [1.165, 1.54) is 0 Å². The van der Waals surface area contributed by atoms with Gasteiger partial charge in [-0.05, 0) is 30.7 Å². The summed E-state index contributed by atoms with van der Waals surface area (Å²) in [7, 11) is 3.20. The molecule has 0 saturated heterocycles. The Morgan fingerprint density at radius 2 is 1.96 bits per heavy atom. The van der Waals surface area contributed by atoms with Crippen molar-refractivity contribution < 1.29 is 14.3 Å². The average molecular weight is 343 g/mol. The third-order valence-electron chi connectivity index (χ3n) is 3.76. The van der Waals surface area contributed by atoms with Gasteiger partial charge >= 0.3 is 0 Å². The van der Waals surface area contributed by atoms with Crippen LogP contribution in [0.5, 0.6) is 11.5 Å². The molecule has 0 unspecified atom stereocenters. The van der Waals surface area contributed by atoms with Crippen LogP contribution in [0, 0.1) is 0 Å². The Morgan fingerprint density at radius 1 is 1.12 bits per heavy atom. The van der Waals surface area contributed by atoms with Crippen LogP contribution in [0.4, 0.5) is 11.5 Å². The van der Waals surface area contributed by atoms with Crippen molar-refractivity contribution in [1.82, 2.24) is 10.3 Å². The molecule has 0 aliphatic heterocycles. The van der Waals surface area contributed by atoms with Gasteiger partial charge in [0.25, 0.3) is 5.91 Å². The van der Waals surface area contributed by atoms with Crippen molar-refractivity contribution in [3.63, 3.8) is 0 Å². The Labute approximate surface area is 148 Å². The number of ether oxygens (including phenoxy) is 2. The molecule has 0 spiro atoms. The summed E-state index contributed by atoms with van der Waals surface area (Å²) in [6, 6.07) is 9.00. The molecule has 0 bridgehead atoms. The summed E-state index contributed by atoms with van der Waals surface area (Å²) in [6.07, 6.45) is 4.80. The maximum atomic E-state index is 12.0. The second kappa shape index (κ2) is 9.52. The Kier molecular flexibility index (Phi) is 7.07. The van der Waals surface area contributed by atoms with Crippen molar-refractivity contribution >= 4 is 17.4 Å². The third kappa shape index (κ3) is 5.38. The van der Waals surface area contributed by atoms with Gasteiger partial charge in [-0.2, -0.15) is 0 Å². The van der Waals surface area contributed by atoms with Crippen LogP contribution in [-0.4, -0.2) is 31.7 Å². The van der Waals surface area contributed by atoms with Crippen LogP contribution in [0.2, 0.25) is 0 Å². The topological polar surface area (TPSA) is 72.5 Å². The summed E-state index contributed by atoms with van der Waals surface area (Å²) in [5, 5.41) is 6.08. The van der Waals surface area contributed by atoms with Gasteiger partial charge in [-0.15, -0.1) is 0 Å². The molecule has 0 atom stereocenters. The summed E-state index contributed by atoms with van der Waals surface area (Å²) in [4.78, 5) is 16.3. The summed E-state index contributed by atoms with van der Waals surface area (Å²) in [6.45, 7) is 2.82. The number of carbonyl (C=O) groups is 1. The zero-order valence-corrected chi connectivity index (χ0v) is 15.0. The Balaban J connectivity index is 1.99. The molecule has 2 N–H and O–H groups in total. The van der Waals surface area contributed by atoms with E-state index in [-0.39, 0.29) is 5.91 Å². The lowest BCUT2D eigenvalue weighted by Gasteiger charge is -2.12. The standard InChI is InChI=1S/C19H25N3O3/c1-4-5-6-11-20-19(23)14-7-10-18(21-13-14)22-16-9-8-15(24-2)12-17(16)25-3/h7-10,12-13H,4-6,11H2,1-3H3,(H,20,23)(H,21,22). The molecule has 0 aliphatic rings. The number of anilines is 2. The summed E-state index contributed by atoms with van der Waals surface area (Å²) < 4.78 is 10.5. The molecular formula is C19H25N3O3. The van der Waals surface area contributed by atoms with Gasteiger partial charge in [0.15, 0.2) is 0 Å². The molecule has 0 radical (unpaired) electrons. The Morgan fingerprint density at radius 3 is 2.60 bits per heavy atom. The highest BCUT2D eigenvalue weighted by atomic mass is 16.5. The van der Waals surface area contributed by atoms with Crippen LogP contribution in [0.1, 0.15) is 36.5 Å². The molecule has 2 aromatic rings. The maximum absolute atomic E-state index is 12.0. The molecule has 0 saturated carbocycles. The number of nitrogens with one attached hydrogen (secondary N) is 2. The van der Waals surface area contributed by atoms with Crippen molar-refractivity contribution in [2.24, 2.45) is 0 Å². The van der Waals surface area contributed by atoms with E-state index >= 15 is 0 Å². The van der Waals surface area contributed by atoms with Crippen molar-refractivity contribution in [1.29, 1.82) is 0 Å². The minimum absolute atomic E-state index is 0.0998. The number of carbonyl (C=O) groups excluding carboxylic acids is 1. The number of methoxy groups -OCH3 is 2. The molecule has 134 valence electrons. The van der Waals surface area contributed by atoms with Gasteiger partial charge < -0.3 is 20.1 Å². The van der Waals surface area contributed by atoms with Crippen molar-refractivity contribution in [3.8, 4) is 11.5 Å². The molecule has 1 heterocycles. The monoisotopic (exact) mass is 343 g/mol. The SMILES string of the molecule is CCCCCNC(=O)c1ccc(Nc2ccc(OC)cc2OC)nc1.